The maximum absolute atomic E-state index is 13.4. The molecule has 0 aliphatic rings. The summed E-state index contributed by atoms with van der Waals surface area (Å²) in [6.07, 6.45) is 0. The van der Waals surface area contributed by atoms with Crippen molar-refractivity contribution < 1.29 is 4.39 Å². The number of benzene rings is 2. The quantitative estimate of drug-likeness (QED) is 0.646. The van der Waals surface area contributed by atoms with E-state index >= 15 is 0 Å². The summed E-state index contributed by atoms with van der Waals surface area (Å²) < 4.78 is 15.4. The molecule has 0 fully saturated rings. The SMILES string of the molecule is Fc1ccc2nc(CCl)n(Cc3ccc(Cl)cc3)c2c1. The number of imidazole rings is 1. The summed E-state index contributed by atoms with van der Waals surface area (Å²) in [5.74, 6) is 0.724. The molecule has 0 spiro atoms. The van der Waals surface area contributed by atoms with Gasteiger partial charge in [0.15, 0.2) is 0 Å². The second-order valence-corrected chi connectivity index (χ2v) is 5.21. The van der Waals surface area contributed by atoms with Crippen molar-refractivity contribution in [1.29, 1.82) is 0 Å². The molecule has 0 atom stereocenters. The minimum absolute atomic E-state index is 0.282. The Morgan fingerprint density at radius 2 is 1.85 bits per heavy atom. The Morgan fingerprint density at radius 3 is 2.55 bits per heavy atom. The summed E-state index contributed by atoms with van der Waals surface area (Å²) in [7, 11) is 0. The first-order valence-electron chi connectivity index (χ1n) is 6.12. The van der Waals surface area contributed by atoms with E-state index < -0.39 is 0 Å². The second-order valence-electron chi connectivity index (χ2n) is 4.51. The maximum atomic E-state index is 13.4. The van der Waals surface area contributed by atoms with Crippen LogP contribution in [-0.2, 0) is 12.4 Å². The zero-order chi connectivity index (χ0) is 14.1. The van der Waals surface area contributed by atoms with Crippen LogP contribution in [0.25, 0.3) is 11.0 Å². The van der Waals surface area contributed by atoms with Gasteiger partial charge in [-0.1, -0.05) is 23.7 Å². The van der Waals surface area contributed by atoms with Gasteiger partial charge in [0.1, 0.15) is 11.6 Å². The Hall–Kier alpha value is -1.58. The molecule has 0 aliphatic heterocycles. The first-order valence-corrected chi connectivity index (χ1v) is 7.03. The summed E-state index contributed by atoms with van der Waals surface area (Å²) in [5, 5.41) is 0.688. The van der Waals surface area contributed by atoms with Crippen molar-refractivity contribution in [3.8, 4) is 0 Å². The van der Waals surface area contributed by atoms with Gasteiger partial charge in [-0.15, -0.1) is 11.6 Å². The summed E-state index contributed by atoms with van der Waals surface area (Å²) in [6.45, 7) is 0.583. The molecule has 0 saturated carbocycles. The predicted molar refractivity (Wildman–Crippen MR) is 79.8 cm³/mol. The second kappa shape index (κ2) is 5.43. The third kappa shape index (κ3) is 2.51. The van der Waals surface area contributed by atoms with E-state index in [0.717, 1.165) is 22.4 Å². The number of aromatic nitrogens is 2. The van der Waals surface area contributed by atoms with E-state index in [9.17, 15) is 4.39 Å². The number of hydrogen-bond acceptors (Lipinski definition) is 1. The standard InChI is InChI=1S/C15H11Cl2FN2/c16-8-15-19-13-6-5-12(18)7-14(13)20(15)9-10-1-3-11(17)4-2-10/h1-7H,8-9H2. The van der Waals surface area contributed by atoms with Crippen molar-refractivity contribution in [1.82, 2.24) is 9.55 Å². The molecule has 0 saturated heterocycles. The Morgan fingerprint density at radius 1 is 1.10 bits per heavy atom. The molecule has 0 unspecified atom stereocenters. The van der Waals surface area contributed by atoms with Gasteiger partial charge in [0.2, 0.25) is 0 Å². The van der Waals surface area contributed by atoms with E-state index in [1.165, 1.54) is 12.1 Å². The number of rotatable bonds is 3. The molecule has 0 N–H and O–H groups in total. The largest absolute Gasteiger partial charge is 0.322 e. The first-order chi connectivity index (χ1) is 9.67. The third-order valence-corrected chi connectivity index (χ3v) is 3.65. The molecule has 0 bridgehead atoms. The van der Waals surface area contributed by atoms with E-state index in [-0.39, 0.29) is 11.7 Å². The monoisotopic (exact) mass is 308 g/mol. The van der Waals surface area contributed by atoms with Crippen LogP contribution in [0.3, 0.4) is 0 Å². The number of fused-ring (bicyclic) bond motifs is 1. The van der Waals surface area contributed by atoms with Gasteiger partial charge in [-0.25, -0.2) is 9.37 Å². The number of hydrogen-bond donors (Lipinski definition) is 0. The van der Waals surface area contributed by atoms with Crippen LogP contribution >= 0.6 is 23.2 Å². The highest BCUT2D eigenvalue weighted by molar-refractivity contribution is 6.30. The highest BCUT2D eigenvalue weighted by Crippen LogP contribution is 2.21. The van der Waals surface area contributed by atoms with Crippen molar-refractivity contribution in [2.75, 3.05) is 0 Å². The molecular formula is C15H11Cl2FN2. The molecule has 1 aromatic heterocycles. The van der Waals surface area contributed by atoms with Gasteiger partial charge >= 0.3 is 0 Å². The fraction of sp³-hybridized carbons (Fsp3) is 0.133. The predicted octanol–water partition coefficient (Wildman–Crippen LogP) is 4.62. The molecule has 3 aromatic rings. The molecule has 1 heterocycles. The molecule has 102 valence electrons. The number of halogens is 3. The molecule has 0 radical (unpaired) electrons. The highest BCUT2D eigenvalue weighted by atomic mass is 35.5. The van der Waals surface area contributed by atoms with Crippen LogP contribution in [0.4, 0.5) is 4.39 Å². The van der Waals surface area contributed by atoms with Gasteiger partial charge in [-0.2, -0.15) is 0 Å². The van der Waals surface area contributed by atoms with Gasteiger partial charge in [0.05, 0.1) is 16.9 Å². The summed E-state index contributed by atoms with van der Waals surface area (Å²) >= 11 is 11.8. The van der Waals surface area contributed by atoms with Crippen LogP contribution in [0.2, 0.25) is 5.02 Å². The van der Waals surface area contributed by atoms with Crippen molar-refractivity contribution >= 4 is 34.2 Å². The van der Waals surface area contributed by atoms with Crippen LogP contribution in [0.5, 0.6) is 0 Å². The lowest BCUT2D eigenvalue weighted by Crippen LogP contribution is -2.03. The lowest BCUT2D eigenvalue weighted by molar-refractivity contribution is 0.628. The van der Waals surface area contributed by atoms with Gasteiger partial charge in [-0.05, 0) is 35.9 Å². The van der Waals surface area contributed by atoms with E-state index in [0.29, 0.717) is 11.6 Å². The van der Waals surface area contributed by atoms with Crippen molar-refractivity contribution in [2.24, 2.45) is 0 Å². The molecule has 20 heavy (non-hydrogen) atoms. The van der Waals surface area contributed by atoms with Gasteiger partial charge in [0.25, 0.3) is 0 Å². The van der Waals surface area contributed by atoms with Crippen LogP contribution in [0.1, 0.15) is 11.4 Å². The molecule has 0 amide bonds. The van der Waals surface area contributed by atoms with E-state index in [2.05, 4.69) is 4.98 Å². The van der Waals surface area contributed by atoms with E-state index in [4.69, 9.17) is 23.2 Å². The van der Waals surface area contributed by atoms with Crippen LogP contribution in [0.15, 0.2) is 42.5 Å². The van der Waals surface area contributed by atoms with Crippen LogP contribution in [0, 0.1) is 5.82 Å². The Balaban J connectivity index is 2.08. The Bertz CT molecular complexity index is 750. The summed E-state index contributed by atoms with van der Waals surface area (Å²) in [4.78, 5) is 4.42. The van der Waals surface area contributed by atoms with Crippen molar-refractivity contribution in [2.45, 2.75) is 12.4 Å². The summed E-state index contributed by atoms with van der Waals surface area (Å²) in [6, 6.07) is 12.1. The van der Waals surface area contributed by atoms with Crippen molar-refractivity contribution in [3.63, 3.8) is 0 Å². The topological polar surface area (TPSA) is 17.8 Å². The van der Waals surface area contributed by atoms with E-state index in [1.54, 1.807) is 6.07 Å². The van der Waals surface area contributed by atoms with Crippen LogP contribution in [-0.4, -0.2) is 9.55 Å². The number of nitrogens with zero attached hydrogens (tertiary/aromatic N) is 2. The lowest BCUT2D eigenvalue weighted by atomic mass is 10.2. The van der Waals surface area contributed by atoms with Gasteiger partial charge in [0, 0.05) is 11.6 Å². The normalized spacial score (nSPS) is 11.2. The molecule has 5 heteroatoms. The first kappa shape index (κ1) is 13.4. The zero-order valence-corrected chi connectivity index (χ0v) is 12.0. The van der Waals surface area contributed by atoms with Gasteiger partial charge < -0.3 is 4.57 Å². The Labute approximate surface area is 125 Å². The third-order valence-electron chi connectivity index (χ3n) is 3.16. The lowest BCUT2D eigenvalue weighted by Gasteiger charge is -2.08. The molecular weight excluding hydrogens is 298 g/mol. The zero-order valence-electron chi connectivity index (χ0n) is 10.5. The van der Waals surface area contributed by atoms with Crippen LogP contribution < -0.4 is 0 Å². The minimum atomic E-state index is -0.282. The van der Waals surface area contributed by atoms with Gasteiger partial charge in [-0.3, -0.25) is 0 Å². The molecule has 2 nitrogen and oxygen atoms in total. The number of alkyl halides is 1. The fourth-order valence-electron chi connectivity index (χ4n) is 2.20. The van der Waals surface area contributed by atoms with E-state index in [1.807, 2.05) is 28.8 Å². The fourth-order valence-corrected chi connectivity index (χ4v) is 2.53. The highest BCUT2D eigenvalue weighted by Gasteiger charge is 2.11. The average molecular weight is 309 g/mol. The Kier molecular flexibility index (Phi) is 3.64. The molecule has 3 rings (SSSR count). The summed E-state index contributed by atoms with van der Waals surface area (Å²) in [5.41, 5.74) is 2.55. The molecule has 2 aromatic carbocycles. The average Bonchev–Trinajstić information content (AvgIpc) is 2.79. The minimum Gasteiger partial charge on any atom is -0.322 e. The van der Waals surface area contributed by atoms with Crippen molar-refractivity contribution in [3.05, 3.63) is 64.7 Å². The maximum Gasteiger partial charge on any atom is 0.125 e. The molecule has 0 aliphatic carbocycles. The smallest absolute Gasteiger partial charge is 0.125 e.